The number of benzene rings is 1. The number of aryl methyl sites for hydroxylation is 1. The van der Waals surface area contributed by atoms with Gasteiger partial charge in [0.1, 0.15) is 0 Å². The van der Waals surface area contributed by atoms with E-state index in [1.54, 1.807) is 24.3 Å². The van der Waals surface area contributed by atoms with Crippen molar-refractivity contribution in [1.82, 2.24) is 10.0 Å². The van der Waals surface area contributed by atoms with E-state index >= 15 is 0 Å². The second-order valence-electron chi connectivity index (χ2n) is 4.40. The standard InChI is InChI=1S/C13H20N2O3S/c1-11-5-7-13(8-6-11)19(17,18)15-10-4-3-9-14-12(2)16/h5-8,15H,3-4,9-10H2,1-2H3,(H,14,16). The minimum absolute atomic E-state index is 0.0692. The van der Waals surface area contributed by atoms with Crippen molar-refractivity contribution in [2.24, 2.45) is 0 Å². The highest BCUT2D eigenvalue weighted by atomic mass is 32.2. The number of carbonyl (C=O) groups excluding carboxylic acids is 1. The molecule has 0 unspecified atom stereocenters. The van der Waals surface area contributed by atoms with Crippen molar-refractivity contribution in [3.05, 3.63) is 29.8 Å². The van der Waals surface area contributed by atoms with Gasteiger partial charge in [0.05, 0.1) is 4.90 Å². The summed E-state index contributed by atoms with van der Waals surface area (Å²) in [6.07, 6.45) is 1.43. The third-order valence-electron chi connectivity index (χ3n) is 2.60. The maximum atomic E-state index is 11.9. The van der Waals surface area contributed by atoms with Crippen molar-refractivity contribution in [2.45, 2.75) is 31.6 Å². The second-order valence-corrected chi connectivity index (χ2v) is 6.17. The van der Waals surface area contributed by atoms with E-state index in [4.69, 9.17) is 0 Å². The van der Waals surface area contributed by atoms with Gasteiger partial charge in [-0.2, -0.15) is 0 Å². The molecule has 1 aromatic carbocycles. The van der Waals surface area contributed by atoms with Gasteiger partial charge in [-0.3, -0.25) is 4.79 Å². The Morgan fingerprint density at radius 1 is 1.11 bits per heavy atom. The summed E-state index contributed by atoms with van der Waals surface area (Å²) < 4.78 is 26.3. The van der Waals surface area contributed by atoms with Crippen LogP contribution in [0.2, 0.25) is 0 Å². The zero-order chi connectivity index (χ0) is 14.3. The molecule has 19 heavy (non-hydrogen) atoms. The fraction of sp³-hybridized carbons (Fsp3) is 0.462. The predicted molar refractivity (Wildman–Crippen MR) is 74.3 cm³/mol. The van der Waals surface area contributed by atoms with Gasteiger partial charge in [-0.1, -0.05) is 17.7 Å². The molecule has 0 fully saturated rings. The normalized spacial score (nSPS) is 11.3. The minimum Gasteiger partial charge on any atom is -0.356 e. The summed E-state index contributed by atoms with van der Waals surface area (Å²) in [6, 6.07) is 6.72. The van der Waals surface area contributed by atoms with Crippen LogP contribution >= 0.6 is 0 Å². The van der Waals surface area contributed by atoms with Gasteiger partial charge in [-0.15, -0.1) is 0 Å². The average Bonchev–Trinajstić information content (AvgIpc) is 2.34. The van der Waals surface area contributed by atoms with Crippen LogP contribution in [0.25, 0.3) is 0 Å². The number of amides is 1. The quantitative estimate of drug-likeness (QED) is 0.739. The first-order valence-corrected chi connectivity index (χ1v) is 7.71. The fourth-order valence-corrected chi connectivity index (χ4v) is 2.60. The van der Waals surface area contributed by atoms with Crippen LogP contribution in [0.5, 0.6) is 0 Å². The molecule has 1 aromatic rings. The molecule has 0 heterocycles. The Balaban J connectivity index is 2.35. The zero-order valence-corrected chi connectivity index (χ0v) is 12.1. The smallest absolute Gasteiger partial charge is 0.240 e. The van der Waals surface area contributed by atoms with Gasteiger partial charge in [-0.05, 0) is 31.9 Å². The van der Waals surface area contributed by atoms with Crippen molar-refractivity contribution >= 4 is 15.9 Å². The van der Waals surface area contributed by atoms with Crippen LogP contribution in [0.4, 0.5) is 0 Å². The highest BCUT2D eigenvalue weighted by Gasteiger charge is 2.12. The van der Waals surface area contributed by atoms with Gasteiger partial charge in [0.25, 0.3) is 0 Å². The molecule has 0 aliphatic carbocycles. The summed E-state index contributed by atoms with van der Waals surface area (Å²) in [5, 5.41) is 2.66. The minimum atomic E-state index is -3.42. The number of sulfonamides is 1. The molecule has 0 atom stereocenters. The Bertz CT molecular complexity index is 509. The van der Waals surface area contributed by atoms with Crippen LogP contribution in [0.15, 0.2) is 29.2 Å². The molecule has 0 aliphatic rings. The van der Waals surface area contributed by atoms with E-state index < -0.39 is 10.0 Å². The number of rotatable bonds is 7. The molecular formula is C13H20N2O3S. The van der Waals surface area contributed by atoms with Crippen LogP contribution in [0.3, 0.4) is 0 Å². The lowest BCUT2D eigenvalue weighted by Crippen LogP contribution is -2.26. The first-order valence-electron chi connectivity index (χ1n) is 6.22. The van der Waals surface area contributed by atoms with Crippen molar-refractivity contribution < 1.29 is 13.2 Å². The SMILES string of the molecule is CC(=O)NCCCCNS(=O)(=O)c1ccc(C)cc1. The lowest BCUT2D eigenvalue weighted by atomic mass is 10.2. The zero-order valence-electron chi connectivity index (χ0n) is 11.3. The molecule has 1 rings (SSSR count). The first kappa shape index (κ1) is 15.7. The maximum absolute atomic E-state index is 11.9. The largest absolute Gasteiger partial charge is 0.356 e. The summed E-state index contributed by atoms with van der Waals surface area (Å²) in [7, 11) is -3.42. The van der Waals surface area contributed by atoms with Gasteiger partial charge in [0.2, 0.25) is 15.9 Å². The van der Waals surface area contributed by atoms with Crippen molar-refractivity contribution in [1.29, 1.82) is 0 Å². The Morgan fingerprint density at radius 3 is 2.26 bits per heavy atom. The first-order chi connectivity index (χ1) is 8.92. The lowest BCUT2D eigenvalue weighted by Gasteiger charge is -2.07. The molecule has 1 amide bonds. The molecule has 0 bridgehead atoms. The van der Waals surface area contributed by atoms with Gasteiger partial charge in [0.15, 0.2) is 0 Å². The highest BCUT2D eigenvalue weighted by molar-refractivity contribution is 7.89. The number of hydrogen-bond donors (Lipinski definition) is 2. The van der Waals surface area contributed by atoms with Gasteiger partial charge >= 0.3 is 0 Å². The highest BCUT2D eigenvalue weighted by Crippen LogP contribution is 2.09. The summed E-state index contributed by atoms with van der Waals surface area (Å²) in [5.74, 6) is -0.0692. The van der Waals surface area contributed by atoms with Crippen LogP contribution in [0, 0.1) is 6.92 Å². The number of nitrogens with one attached hydrogen (secondary N) is 2. The third-order valence-corrected chi connectivity index (χ3v) is 4.08. The molecule has 0 aliphatic heterocycles. The monoisotopic (exact) mass is 284 g/mol. The van der Waals surface area contributed by atoms with E-state index in [0.29, 0.717) is 19.5 Å². The molecule has 0 aromatic heterocycles. The third kappa shape index (κ3) is 5.85. The fourth-order valence-electron chi connectivity index (χ4n) is 1.52. The number of carbonyl (C=O) groups is 1. The molecule has 0 saturated heterocycles. The molecule has 106 valence electrons. The Labute approximate surface area is 114 Å². The maximum Gasteiger partial charge on any atom is 0.240 e. The van der Waals surface area contributed by atoms with Crippen molar-refractivity contribution in [2.75, 3.05) is 13.1 Å². The van der Waals surface area contributed by atoms with Gasteiger partial charge < -0.3 is 5.32 Å². The Kier molecular flexibility index (Phi) is 5.98. The molecule has 0 saturated carbocycles. The molecule has 0 radical (unpaired) electrons. The van der Waals surface area contributed by atoms with E-state index in [-0.39, 0.29) is 10.8 Å². The van der Waals surface area contributed by atoms with E-state index in [1.165, 1.54) is 6.92 Å². The summed E-state index contributed by atoms with van der Waals surface area (Å²) in [4.78, 5) is 10.9. The van der Waals surface area contributed by atoms with E-state index in [1.807, 2.05) is 6.92 Å². The lowest BCUT2D eigenvalue weighted by molar-refractivity contribution is -0.118. The number of hydrogen-bond acceptors (Lipinski definition) is 3. The van der Waals surface area contributed by atoms with Gasteiger partial charge in [-0.25, -0.2) is 13.1 Å². The Morgan fingerprint density at radius 2 is 1.68 bits per heavy atom. The van der Waals surface area contributed by atoms with Crippen molar-refractivity contribution in [3.8, 4) is 0 Å². The summed E-state index contributed by atoms with van der Waals surface area (Å²) in [5.41, 5.74) is 1.02. The van der Waals surface area contributed by atoms with Crippen LogP contribution in [-0.2, 0) is 14.8 Å². The summed E-state index contributed by atoms with van der Waals surface area (Å²) >= 11 is 0. The summed E-state index contributed by atoms with van der Waals surface area (Å²) in [6.45, 7) is 4.31. The Hall–Kier alpha value is -1.40. The van der Waals surface area contributed by atoms with Crippen LogP contribution in [-0.4, -0.2) is 27.4 Å². The molecule has 5 nitrogen and oxygen atoms in total. The van der Waals surface area contributed by atoms with Gasteiger partial charge in [0, 0.05) is 20.0 Å². The topological polar surface area (TPSA) is 75.3 Å². The predicted octanol–water partition coefficient (Wildman–Crippen LogP) is 1.19. The number of unbranched alkanes of at least 4 members (excludes halogenated alkanes) is 1. The molecule has 2 N–H and O–H groups in total. The van der Waals surface area contributed by atoms with E-state index in [0.717, 1.165) is 12.0 Å². The average molecular weight is 284 g/mol. The molecule has 6 heteroatoms. The molecular weight excluding hydrogens is 264 g/mol. The van der Waals surface area contributed by atoms with E-state index in [9.17, 15) is 13.2 Å². The second kappa shape index (κ2) is 7.25. The van der Waals surface area contributed by atoms with Crippen LogP contribution < -0.4 is 10.0 Å². The van der Waals surface area contributed by atoms with Crippen molar-refractivity contribution in [3.63, 3.8) is 0 Å². The molecule has 0 spiro atoms. The van der Waals surface area contributed by atoms with Crippen LogP contribution in [0.1, 0.15) is 25.3 Å². The van der Waals surface area contributed by atoms with E-state index in [2.05, 4.69) is 10.0 Å².